The molecule has 1 unspecified atom stereocenters. The van der Waals surface area contributed by atoms with Crippen LogP contribution in [0.4, 0.5) is 0 Å². The van der Waals surface area contributed by atoms with E-state index in [2.05, 4.69) is 38.1 Å². The molecule has 98 valence electrons. The van der Waals surface area contributed by atoms with Crippen molar-refractivity contribution in [1.29, 1.82) is 0 Å². The van der Waals surface area contributed by atoms with Gasteiger partial charge in [0.1, 0.15) is 0 Å². The van der Waals surface area contributed by atoms with E-state index in [9.17, 15) is 4.79 Å². The number of likely N-dealkylation sites (tertiary alicyclic amines) is 1. The molecule has 1 aliphatic heterocycles. The molecule has 1 aromatic rings. The van der Waals surface area contributed by atoms with Crippen LogP contribution in [0.3, 0.4) is 0 Å². The van der Waals surface area contributed by atoms with Gasteiger partial charge in [0.15, 0.2) is 0 Å². The van der Waals surface area contributed by atoms with Crippen LogP contribution in [0.2, 0.25) is 0 Å². The summed E-state index contributed by atoms with van der Waals surface area (Å²) in [5.74, 6) is 1.61. The van der Waals surface area contributed by atoms with Crippen molar-refractivity contribution in [1.82, 2.24) is 4.90 Å². The molecule has 2 heteroatoms. The normalized spacial score (nSPS) is 19.8. The van der Waals surface area contributed by atoms with E-state index >= 15 is 0 Å². The van der Waals surface area contributed by atoms with Gasteiger partial charge >= 0.3 is 0 Å². The molecule has 2 nitrogen and oxygen atoms in total. The molecular formula is C16H23NO. The summed E-state index contributed by atoms with van der Waals surface area (Å²) >= 11 is 0. The van der Waals surface area contributed by atoms with E-state index in [1.165, 1.54) is 12.0 Å². The lowest BCUT2D eigenvalue weighted by Crippen LogP contribution is -2.27. The van der Waals surface area contributed by atoms with Crippen molar-refractivity contribution in [2.24, 2.45) is 11.8 Å². The smallest absolute Gasteiger partial charge is 0.222 e. The first-order valence-electron chi connectivity index (χ1n) is 6.97. The van der Waals surface area contributed by atoms with Gasteiger partial charge in [-0.15, -0.1) is 0 Å². The predicted octanol–water partition coefficient (Wildman–Crippen LogP) is 3.12. The molecule has 18 heavy (non-hydrogen) atoms. The van der Waals surface area contributed by atoms with E-state index in [0.29, 0.717) is 17.7 Å². The molecule has 1 heterocycles. The van der Waals surface area contributed by atoms with Crippen molar-refractivity contribution in [2.75, 3.05) is 13.1 Å². The van der Waals surface area contributed by atoms with E-state index in [0.717, 1.165) is 25.9 Å². The Hall–Kier alpha value is -1.31. The SMILES string of the molecule is CC(C)CC1CC(=O)N(CCc2ccccc2)C1. The van der Waals surface area contributed by atoms with Crippen LogP contribution in [0.15, 0.2) is 30.3 Å². The molecule has 0 aliphatic carbocycles. The van der Waals surface area contributed by atoms with Crippen LogP contribution in [0.25, 0.3) is 0 Å². The van der Waals surface area contributed by atoms with Crippen molar-refractivity contribution >= 4 is 5.91 Å². The number of rotatable bonds is 5. The average molecular weight is 245 g/mol. The number of nitrogens with zero attached hydrogens (tertiary/aromatic N) is 1. The standard InChI is InChI=1S/C16H23NO/c1-13(2)10-15-11-16(18)17(12-15)9-8-14-6-4-3-5-7-14/h3-7,13,15H,8-12H2,1-2H3. The first-order valence-corrected chi connectivity index (χ1v) is 6.97. The molecule has 2 rings (SSSR count). The quantitative estimate of drug-likeness (QED) is 0.780. The van der Waals surface area contributed by atoms with Crippen LogP contribution in [-0.4, -0.2) is 23.9 Å². The molecule has 1 aliphatic rings. The van der Waals surface area contributed by atoms with Gasteiger partial charge in [-0.3, -0.25) is 4.79 Å². The molecule has 0 saturated carbocycles. The molecule has 1 amide bonds. The predicted molar refractivity (Wildman–Crippen MR) is 74.3 cm³/mol. The van der Waals surface area contributed by atoms with Gasteiger partial charge in [0.2, 0.25) is 5.91 Å². The molecule has 1 aromatic carbocycles. The Kier molecular flexibility index (Phi) is 4.40. The summed E-state index contributed by atoms with van der Waals surface area (Å²) in [4.78, 5) is 14.0. The van der Waals surface area contributed by atoms with Gasteiger partial charge in [-0.05, 0) is 30.2 Å². The Morgan fingerprint density at radius 3 is 2.67 bits per heavy atom. The fraction of sp³-hybridized carbons (Fsp3) is 0.562. The first-order chi connectivity index (χ1) is 8.65. The second-order valence-corrected chi connectivity index (χ2v) is 5.78. The summed E-state index contributed by atoms with van der Waals surface area (Å²) in [5.41, 5.74) is 1.32. The summed E-state index contributed by atoms with van der Waals surface area (Å²) in [6.07, 6.45) is 2.90. The average Bonchev–Trinajstić information content (AvgIpc) is 2.67. The summed E-state index contributed by atoms with van der Waals surface area (Å²) in [5, 5.41) is 0. The minimum atomic E-state index is 0.344. The summed E-state index contributed by atoms with van der Waals surface area (Å²) in [7, 11) is 0. The van der Waals surface area contributed by atoms with Crippen LogP contribution in [0, 0.1) is 11.8 Å². The Bertz CT molecular complexity index is 385. The highest BCUT2D eigenvalue weighted by Crippen LogP contribution is 2.24. The molecule has 1 saturated heterocycles. The zero-order chi connectivity index (χ0) is 13.0. The minimum absolute atomic E-state index is 0.344. The summed E-state index contributed by atoms with van der Waals surface area (Å²) < 4.78 is 0. The second kappa shape index (κ2) is 6.03. The molecule has 1 fully saturated rings. The molecule has 1 atom stereocenters. The third-order valence-corrected chi connectivity index (χ3v) is 3.61. The highest BCUT2D eigenvalue weighted by Gasteiger charge is 2.29. The van der Waals surface area contributed by atoms with Gasteiger partial charge < -0.3 is 4.90 Å². The topological polar surface area (TPSA) is 20.3 Å². The Labute approximate surface area is 110 Å². The largest absolute Gasteiger partial charge is 0.342 e. The lowest BCUT2D eigenvalue weighted by Gasteiger charge is -2.17. The third kappa shape index (κ3) is 3.59. The molecule has 0 spiro atoms. The van der Waals surface area contributed by atoms with Gasteiger partial charge in [0, 0.05) is 19.5 Å². The zero-order valence-corrected chi connectivity index (χ0v) is 11.4. The van der Waals surface area contributed by atoms with E-state index in [1.807, 2.05) is 11.0 Å². The maximum atomic E-state index is 11.9. The molecule has 0 N–H and O–H groups in total. The first kappa shape index (κ1) is 13.1. The van der Waals surface area contributed by atoms with Crippen LogP contribution in [0.1, 0.15) is 32.3 Å². The number of carbonyl (C=O) groups excluding carboxylic acids is 1. The number of benzene rings is 1. The Morgan fingerprint density at radius 2 is 2.00 bits per heavy atom. The molecular weight excluding hydrogens is 222 g/mol. The maximum absolute atomic E-state index is 11.9. The molecule has 0 bridgehead atoms. The van der Waals surface area contributed by atoms with E-state index < -0.39 is 0 Å². The van der Waals surface area contributed by atoms with Gasteiger partial charge in [0.05, 0.1) is 0 Å². The van der Waals surface area contributed by atoms with Crippen LogP contribution < -0.4 is 0 Å². The van der Waals surface area contributed by atoms with Crippen LogP contribution in [-0.2, 0) is 11.2 Å². The zero-order valence-electron chi connectivity index (χ0n) is 11.4. The maximum Gasteiger partial charge on any atom is 0.222 e. The van der Waals surface area contributed by atoms with E-state index in [1.54, 1.807) is 0 Å². The van der Waals surface area contributed by atoms with Gasteiger partial charge in [-0.2, -0.15) is 0 Å². The number of hydrogen-bond donors (Lipinski definition) is 0. The molecule has 0 aromatic heterocycles. The second-order valence-electron chi connectivity index (χ2n) is 5.78. The lowest BCUT2D eigenvalue weighted by molar-refractivity contribution is -0.127. The number of hydrogen-bond acceptors (Lipinski definition) is 1. The van der Waals surface area contributed by atoms with Crippen molar-refractivity contribution in [2.45, 2.75) is 33.1 Å². The van der Waals surface area contributed by atoms with Crippen molar-refractivity contribution in [3.63, 3.8) is 0 Å². The number of amides is 1. The van der Waals surface area contributed by atoms with Crippen LogP contribution >= 0.6 is 0 Å². The molecule has 0 radical (unpaired) electrons. The van der Waals surface area contributed by atoms with E-state index in [4.69, 9.17) is 0 Å². The number of carbonyl (C=O) groups is 1. The fourth-order valence-electron chi connectivity index (χ4n) is 2.80. The third-order valence-electron chi connectivity index (χ3n) is 3.61. The van der Waals surface area contributed by atoms with Crippen molar-refractivity contribution in [3.05, 3.63) is 35.9 Å². The Morgan fingerprint density at radius 1 is 1.28 bits per heavy atom. The Balaban J connectivity index is 1.82. The summed E-state index contributed by atoms with van der Waals surface area (Å²) in [6.45, 7) is 6.30. The van der Waals surface area contributed by atoms with Crippen molar-refractivity contribution in [3.8, 4) is 0 Å². The van der Waals surface area contributed by atoms with Gasteiger partial charge in [-0.25, -0.2) is 0 Å². The fourth-order valence-corrected chi connectivity index (χ4v) is 2.80. The minimum Gasteiger partial charge on any atom is -0.342 e. The van der Waals surface area contributed by atoms with Gasteiger partial charge in [-0.1, -0.05) is 44.2 Å². The van der Waals surface area contributed by atoms with Crippen molar-refractivity contribution < 1.29 is 4.79 Å². The highest BCUT2D eigenvalue weighted by atomic mass is 16.2. The van der Waals surface area contributed by atoms with Crippen LogP contribution in [0.5, 0.6) is 0 Å². The summed E-state index contributed by atoms with van der Waals surface area (Å²) in [6, 6.07) is 10.4. The lowest BCUT2D eigenvalue weighted by atomic mass is 9.96. The highest BCUT2D eigenvalue weighted by molar-refractivity contribution is 5.78. The monoisotopic (exact) mass is 245 g/mol. The van der Waals surface area contributed by atoms with Gasteiger partial charge in [0.25, 0.3) is 0 Å². The van der Waals surface area contributed by atoms with E-state index in [-0.39, 0.29) is 0 Å².